The quantitative estimate of drug-likeness (QED) is 0.629. The average Bonchev–Trinajstić information content (AvgIpc) is 2.67. The number of benzene rings is 2. The SMILES string of the molecule is Cc1ccccc1CNc1ccnc(C(=O)NCCc2cccc(Cl)c2)c1. The summed E-state index contributed by atoms with van der Waals surface area (Å²) in [4.78, 5) is 16.5. The molecule has 0 atom stereocenters. The lowest BCUT2D eigenvalue weighted by Gasteiger charge is -2.10. The van der Waals surface area contributed by atoms with Crippen molar-refractivity contribution in [2.75, 3.05) is 11.9 Å². The first kappa shape index (κ1) is 18.9. The van der Waals surface area contributed by atoms with Crippen molar-refractivity contribution in [3.63, 3.8) is 0 Å². The molecule has 138 valence electrons. The minimum atomic E-state index is -0.184. The molecule has 0 bridgehead atoms. The van der Waals surface area contributed by atoms with Crippen molar-refractivity contribution in [1.29, 1.82) is 0 Å². The second-order valence-electron chi connectivity index (χ2n) is 6.35. The Morgan fingerprint density at radius 3 is 2.74 bits per heavy atom. The first-order valence-corrected chi connectivity index (χ1v) is 9.27. The van der Waals surface area contributed by atoms with Crippen LogP contribution in [0.4, 0.5) is 5.69 Å². The summed E-state index contributed by atoms with van der Waals surface area (Å²) < 4.78 is 0. The first-order valence-electron chi connectivity index (χ1n) is 8.89. The summed E-state index contributed by atoms with van der Waals surface area (Å²) in [7, 11) is 0. The first-order chi connectivity index (χ1) is 13.1. The van der Waals surface area contributed by atoms with Gasteiger partial charge in [0.1, 0.15) is 5.69 Å². The van der Waals surface area contributed by atoms with E-state index in [9.17, 15) is 4.79 Å². The minimum absolute atomic E-state index is 0.184. The van der Waals surface area contributed by atoms with E-state index in [0.717, 1.165) is 17.7 Å². The predicted molar refractivity (Wildman–Crippen MR) is 110 cm³/mol. The van der Waals surface area contributed by atoms with Crippen molar-refractivity contribution in [2.45, 2.75) is 19.9 Å². The molecule has 3 aromatic rings. The maximum absolute atomic E-state index is 12.4. The van der Waals surface area contributed by atoms with E-state index < -0.39 is 0 Å². The van der Waals surface area contributed by atoms with Crippen LogP contribution in [0.5, 0.6) is 0 Å². The highest BCUT2D eigenvalue weighted by molar-refractivity contribution is 6.30. The largest absolute Gasteiger partial charge is 0.381 e. The molecule has 1 aromatic heterocycles. The number of anilines is 1. The molecule has 0 saturated heterocycles. The molecular formula is C22H22ClN3O. The maximum atomic E-state index is 12.4. The van der Waals surface area contributed by atoms with Crippen molar-refractivity contribution in [1.82, 2.24) is 10.3 Å². The molecule has 0 spiro atoms. The van der Waals surface area contributed by atoms with Gasteiger partial charge in [-0.05, 0) is 54.3 Å². The normalized spacial score (nSPS) is 10.4. The van der Waals surface area contributed by atoms with Gasteiger partial charge in [-0.25, -0.2) is 0 Å². The Morgan fingerprint density at radius 2 is 1.93 bits per heavy atom. The van der Waals surface area contributed by atoms with Crippen LogP contribution < -0.4 is 10.6 Å². The highest BCUT2D eigenvalue weighted by Gasteiger charge is 2.08. The molecule has 1 amide bonds. The number of hydrogen-bond donors (Lipinski definition) is 2. The third kappa shape index (κ3) is 5.56. The number of hydrogen-bond acceptors (Lipinski definition) is 3. The summed E-state index contributed by atoms with van der Waals surface area (Å²) in [5.41, 5.74) is 4.81. The molecule has 2 N–H and O–H groups in total. The van der Waals surface area contributed by atoms with Gasteiger partial charge in [0.2, 0.25) is 0 Å². The van der Waals surface area contributed by atoms with E-state index in [1.807, 2.05) is 42.5 Å². The highest BCUT2D eigenvalue weighted by atomic mass is 35.5. The summed E-state index contributed by atoms with van der Waals surface area (Å²) in [6.07, 6.45) is 2.36. The smallest absolute Gasteiger partial charge is 0.269 e. The monoisotopic (exact) mass is 379 g/mol. The summed E-state index contributed by atoms with van der Waals surface area (Å²) in [5, 5.41) is 6.96. The zero-order valence-electron chi connectivity index (χ0n) is 15.2. The van der Waals surface area contributed by atoms with Crippen LogP contribution in [0.25, 0.3) is 0 Å². The Morgan fingerprint density at radius 1 is 1.07 bits per heavy atom. The van der Waals surface area contributed by atoms with E-state index in [1.54, 1.807) is 12.3 Å². The van der Waals surface area contributed by atoms with Gasteiger partial charge in [-0.3, -0.25) is 9.78 Å². The number of halogens is 1. The van der Waals surface area contributed by atoms with Gasteiger partial charge in [-0.1, -0.05) is 48.0 Å². The van der Waals surface area contributed by atoms with Crippen molar-refractivity contribution in [3.8, 4) is 0 Å². The zero-order valence-corrected chi connectivity index (χ0v) is 16.0. The Bertz CT molecular complexity index is 927. The Labute approximate surface area is 164 Å². The predicted octanol–water partition coefficient (Wildman–Crippen LogP) is 4.63. The van der Waals surface area contributed by atoms with E-state index in [4.69, 9.17) is 11.6 Å². The average molecular weight is 380 g/mol. The fourth-order valence-electron chi connectivity index (χ4n) is 2.77. The molecule has 27 heavy (non-hydrogen) atoms. The van der Waals surface area contributed by atoms with Gasteiger partial charge >= 0.3 is 0 Å². The molecule has 0 aliphatic carbocycles. The van der Waals surface area contributed by atoms with Crippen LogP contribution in [-0.4, -0.2) is 17.4 Å². The molecule has 5 heteroatoms. The fourth-order valence-corrected chi connectivity index (χ4v) is 2.99. The molecule has 0 radical (unpaired) electrons. The molecule has 1 heterocycles. The van der Waals surface area contributed by atoms with Crippen molar-refractivity contribution in [3.05, 3.63) is 94.3 Å². The minimum Gasteiger partial charge on any atom is -0.381 e. The molecule has 0 fully saturated rings. The van der Waals surface area contributed by atoms with Crippen molar-refractivity contribution >= 4 is 23.2 Å². The summed E-state index contributed by atoms with van der Waals surface area (Å²) >= 11 is 5.98. The second kappa shape index (κ2) is 9.19. The number of aromatic nitrogens is 1. The molecule has 0 unspecified atom stereocenters. The maximum Gasteiger partial charge on any atom is 0.269 e. The van der Waals surface area contributed by atoms with Crippen LogP contribution in [-0.2, 0) is 13.0 Å². The molecule has 2 aromatic carbocycles. The van der Waals surface area contributed by atoms with Crippen LogP contribution in [0.15, 0.2) is 66.9 Å². The Hall–Kier alpha value is -2.85. The number of pyridine rings is 1. The molecule has 0 saturated carbocycles. The van der Waals surface area contributed by atoms with E-state index in [0.29, 0.717) is 23.8 Å². The van der Waals surface area contributed by atoms with Gasteiger partial charge in [0, 0.05) is 30.0 Å². The molecule has 0 aliphatic rings. The van der Waals surface area contributed by atoms with Gasteiger partial charge in [-0.15, -0.1) is 0 Å². The van der Waals surface area contributed by atoms with Crippen molar-refractivity contribution in [2.24, 2.45) is 0 Å². The Kier molecular flexibility index (Phi) is 6.44. The van der Waals surface area contributed by atoms with Gasteiger partial charge in [0.05, 0.1) is 0 Å². The topological polar surface area (TPSA) is 54.0 Å². The zero-order chi connectivity index (χ0) is 19.1. The number of carbonyl (C=O) groups is 1. The summed E-state index contributed by atoms with van der Waals surface area (Å²) in [5.74, 6) is -0.184. The molecule has 4 nitrogen and oxygen atoms in total. The van der Waals surface area contributed by atoms with Gasteiger partial charge in [0.25, 0.3) is 5.91 Å². The molecular weight excluding hydrogens is 358 g/mol. The van der Waals surface area contributed by atoms with Crippen LogP contribution in [0.2, 0.25) is 5.02 Å². The van der Waals surface area contributed by atoms with Gasteiger partial charge < -0.3 is 10.6 Å². The number of nitrogens with zero attached hydrogens (tertiary/aromatic N) is 1. The van der Waals surface area contributed by atoms with E-state index in [-0.39, 0.29) is 5.91 Å². The fraction of sp³-hybridized carbons (Fsp3) is 0.182. The van der Waals surface area contributed by atoms with Crippen LogP contribution in [0.3, 0.4) is 0 Å². The molecule has 0 aliphatic heterocycles. The highest BCUT2D eigenvalue weighted by Crippen LogP contribution is 2.13. The number of aryl methyl sites for hydroxylation is 1. The number of rotatable bonds is 7. The van der Waals surface area contributed by atoms with E-state index in [2.05, 4.69) is 34.7 Å². The Balaban J connectivity index is 1.54. The van der Waals surface area contributed by atoms with E-state index >= 15 is 0 Å². The third-order valence-electron chi connectivity index (χ3n) is 4.33. The van der Waals surface area contributed by atoms with Gasteiger partial charge in [0.15, 0.2) is 0 Å². The third-order valence-corrected chi connectivity index (χ3v) is 4.56. The van der Waals surface area contributed by atoms with Crippen molar-refractivity contribution < 1.29 is 4.79 Å². The van der Waals surface area contributed by atoms with Crippen LogP contribution >= 0.6 is 11.6 Å². The van der Waals surface area contributed by atoms with Crippen LogP contribution in [0, 0.1) is 6.92 Å². The summed E-state index contributed by atoms with van der Waals surface area (Å²) in [6, 6.07) is 19.5. The lowest BCUT2D eigenvalue weighted by molar-refractivity contribution is 0.0949. The van der Waals surface area contributed by atoms with Gasteiger partial charge in [-0.2, -0.15) is 0 Å². The number of carbonyl (C=O) groups excluding carboxylic acids is 1. The lowest BCUT2D eigenvalue weighted by Crippen LogP contribution is -2.26. The van der Waals surface area contributed by atoms with Crippen LogP contribution in [0.1, 0.15) is 27.2 Å². The number of nitrogens with one attached hydrogen (secondary N) is 2. The summed E-state index contributed by atoms with van der Waals surface area (Å²) in [6.45, 7) is 3.32. The molecule has 3 rings (SSSR count). The lowest BCUT2D eigenvalue weighted by atomic mass is 10.1. The van der Waals surface area contributed by atoms with E-state index in [1.165, 1.54) is 11.1 Å². The second-order valence-corrected chi connectivity index (χ2v) is 6.78. The standard InChI is InChI=1S/C22H22ClN3O/c1-16-5-2-3-7-18(16)15-26-20-10-12-24-21(14-20)22(27)25-11-9-17-6-4-8-19(23)13-17/h2-8,10,12-14H,9,11,15H2,1H3,(H,24,26)(H,25,27). The number of amides is 1.